The van der Waals surface area contributed by atoms with Crippen molar-refractivity contribution in [1.29, 1.82) is 0 Å². The molecule has 0 spiro atoms. The molecule has 0 radical (unpaired) electrons. The second-order valence-electron chi connectivity index (χ2n) is 5.09. The van der Waals surface area contributed by atoms with Gasteiger partial charge in [-0.1, -0.05) is 29.3 Å². The molecular formula is C18H19Cl2NO3. The van der Waals surface area contributed by atoms with Crippen LogP contribution in [0.25, 0.3) is 0 Å². The van der Waals surface area contributed by atoms with E-state index in [9.17, 15) is 4.79 Å². The first-order valence-corrected chi connectivity index (χ1v) is 8.36. The molecule has 0 bridgehead atoms. The molecule has 128 valence electrons. The van der Waals surface area contributed by atoms with Crippen molar-refractivity contribution in [3.05, 3.63) is 58.1 Å². The fourth-order valence-electron chi connectivity index (χ4n) is 2.15. The van der Waals surface area contributed by atoms with E-state index >= 15 is 0 Å². The molecule has 0 saturated carbocycles. The molecule has 0 atom stereocenters. The Morgan fingerprint density at radius 3 is 2.54 bits per heavy atom. The molecule has 2 aromatic rings. The molecule has 6 heteroatoms. The van der Waals surface area contributed by atoms with Gasteiger partial charge in [0, 0.05) is 11.6 Å². The maximum atomic E-state index is 11.8. The number of methoxy groups -OCH3 is 1. The molecule has 0 fully saturated rings. The molecule has 2 aromatic carbocycles. The molecule has 0 saturated heterocycles. The van der Waals surface area contributed by atoms with Gasteiger partial charge in [0.25, 0.3) is 0 Å². The highest BCUT2D eigenvalue weighted by molar-refractivity contribution is 6.34. The lowest BCUT2D eigenvalue weighted by Crippen LogP contribution is -2.10. The summed E-state index contributed by atoms with van der Waals surface area (Å²) < 4.78 is 10.4. The van der Waals surface area contributed by atoms with Gasteiger partial charge in [-0.2, -0.15) is 0 Å². The first-order valence-electron chi connectivity index (χ1n) is 7.61. The zero-order valence-corrected chi connectivity index (χ0v) is 14.9. The molecule has 0 aliphatic rings. The Hall–Kier alpha value is -1.91. The van der Waals surface area contributed by atoms with Crippen LogP contribution in [-0.4, -0.2) is 26.2 Å². The van der Waals surface area contributed by atoms with Gasteiger partial charge in [0.15, 0.2) is 0 Å². The van der Waals surface area contributed by atoms with Gasteiger partial charge in [-0.15, -0.1) is 0 Å². The monoisotopic (exact) mass is 367 g/mol. The molecule has 4 nitrogen and oxygen atoms in total. The fourth-order valence-corrected chi connectivity index (χ4v) is 2.51. The van der Waals surface area contributed by atoms with Crippen molar-refractivity contribution in [2.75, 3.05) is 25.6 Å². The number of carbonyl (C=O) groups is 1. The standard InChI is InChI=1S/C18H19Cl2NO3/c1-23-18(22)15-5-4-6-16(20)17(15)21-11-2-3-12-24-14-9-7-13(19)8-10-14/h4-10,21H,2-3,11-12H2,1H3. The third-order valence-corrected chi connectivity index (χ3v) is 3.94. The van der Waals surface area contributed by atoms with E-state index in [0.29, 0.717) is 34.4 Å². The summed E-state index contributed by atoms with van der Waals surface area (Å²) in [7, 11) is 1.35. The first-order chi connectivity index (χ1) is 11.6. The number of hydrogen-bond donors (Lipinski definition) is 1. The molecule has 24 heavy (non-hydrogen) atoms. The number of unbranched alkanes of at least 4 members (excludes halogenated alkanes) is 1. The molecule has 2 rings (SSSR count). The Balaban J connectivity index is 1.76. The van der Waals surface area contributed by atoms with Crippen LogP contribution in [0.5, 0.6) is 5.75 Å². The molecule has 0 unspecified atom stereocenters. The average Bonchev–Trinajstić information content (AvgIpc) is 2.59. The Labute approximate surface area is 151 Å². The summed E-state index contributed by atoms with van der Waals surface area (Å²) in [5.74, 6) is 0.387. The van der Waals surface area contributed by atoms with Crippen molar-refractivity contribution in [1.82, 2.24) is 0 Å². The van der Waals surface area contributed by atoms with Crippen molar-refractivity contribution in [2.45, 2.75) is 12.8 Å². The van der Waals surface area contributed by atoms with Crippen LogP contribution in [0.1, 0.15) is 23.2 Å². The van der Waals surface area contributed by atoms with Crippen LogP contribution in [0.4, 0.5) is 5.69 Å². The SMILES string of the molecule is COC(=O)c1cccc(Cl)c1NCCCCOc1ccc(Cl)cc1. The Morgan fingerprint density at radius 1 is 1.08 bits per heavy atom. The molecule has 1 N–H and O–H groups in total. The number of esters is 1. The molecule has 0 aliphatic heterocycles. The van der Waals surface area contributed by atoms with E-state index in [4.69, 9.17) is 32.7 Å². The highest BCUT2D eigenvalue weighted by Gasteiger charge is 2.13. The van der Waals surface area contributed by atoms with Gasteiger partial charge in [0.2, 0.25) is 0 Å². The van der Waals surface area contributed by atoms with Gasteiger partial charge in [-0.25, -0.2) is 4.79 Å². The lowest BCUT2D eigenvalue weighted by molar-refractivity contribution is 0.0602. The van der Waals surface area contributed by atoms with E-state index in [0.717, 1.165) is 18.6 Å². The van der Waals surface area contributed by atoms with Crippen LogP contribution in [0.15, 0.2) is 42.5 Å². The smallest absolute Gasteiger partial charge is 0.340 e. The van der Waals surface area contributed by atoms with Gasteiger partial charge >= 0.3 is 5.97 Å². The van der Waals surface area contributed by atoms with Crippen molar-refractivity contribution in [3.63, 3.8) is 0 Å². The number of halogens is 2. The summed E-state index contributed by atoms with van der Waals surface area (Å²) in [6.45, 7) is 1.29. The number of carbonyl (C=O) groups excluding carboxylic acids is 1. The predicted molar refractivity (Wildman–Crippen MR) is 97.5 cm³/mol. The summed E-state index contributed by atoms with van der Waals surface area (Å²) in [4.78, 5) is 11.8. The highest BCUT2D eigenvalue weighted by Crippen LogP contribution is 2.26. The number of para-hydroxylation sites is 1. The van der Waals surface area contributed by atoms with Crippen LogP contribution in [-0.2, 0) is 4.74 Å². The normalized spacial score (nSPS) is 10.3. The zero-order valence-electron chi connectivity index (χ0n) is 13.4. The summed E-state index contributed by atoms with van der Waals surface area (Å²) in [6, 6.07) is 12.4. The average molecular weight is 368 g/mol. The molecule has 0 aromatic heterocycles. The van der Waals surface area contributed by atoms with E-state index in [1.54, 1.807) is 30.3 Å². The highest BCUT2D eigenvalue weighted by atomic mass is 35.5. The Morgan fingerprint density at radius 2 is 1.83 bits per heavy atom. The summed E-state index contributed by atoms with van der Waals surface area (Å²) in [6.07, 6.45) is 1.74. The van der Waals surface area contributed by atoms with Gasteiger partial charge in [-0.3, -0.25) is 0 Å². The Kier molecular flexibility index (Phi) is 7.22. The topological polar surface area (TPSA) is 47.6 Å². The molecule has 0 amide bonds. The van der Waals surface area contributed by atoms with Crippen LogP contribution >= 0.6 is 23.2 Å². The zero-order chi connectivity index (χ0) is 17.4. The lowest BCUT2D eigenvalue weighted by atomic mass is 10.1. The van der Waals surface area contributed by atoms with Crippen molar-refractivity contribution in [3.8, 4) is 5.75 Å². The maximum Gasteiger partial charge on any atom is 0.340 e. The number of nitrogens with one attached hydrogen (secondary N) is 1. The van der Waals surface area contributed by atoms with E-state index in [1.165, 1.54) is 7.11 Å². The lowest BCUT2D eigenvalue weighted by Gasteiger charge is -2.12. The summed E-state index contributed by atoms with van der Waals surface area (Å²) >= 11 is 12.0. The van der Waals surface area contributed by atoms with E-state index in [-0.39, 0.29) is 0 Å². The van der Waals surface area contributed by atoms with E-state index < -0.39 is 5.97 Å². The maximum absolute atomic E-state index is 11.8. The third kappa shape index (κ3) is 5.32. The van der Waals surface area contributed by atoms with Gasteiger partial charge in [0.05, 0.1) is 30.0 Å². The molecule has 0 aliphatic carbocycles. The van der Waals surface area contributed by atoms with Gasteiger partial charge in [0.1, 0.15) is 5.75 Å². The second-order valence-corrected chi connectivity index (χ2v) is 5.93. The minimum Gasteiger partial charge on any atom is -0.494 e. The van der Waals surface area contributed by atoms with E-state index in [1.807, 2.05) is 12.1 Å². The quantitative estimate of drug-likeness (QED) is 0.523. The summed E-state index contributed by atoms with van der Waals surface area (Å²) in [5, 5.41) is 4.38. The van der Waals surface area contributed by atoms with Crippen molar-refractivity contribution in [2.24, 2.45) is 0 Å². The second kappa shape index (κ2) is 9.40. The summed E-state index contributed by atoms with van der Waals surface area (Å²) in [5.41, 5.74) is 1.03. The number of rotatable bonds is 8. The Bertz CT molecular complexity index is 674. The molecule has 0 heterocycles. The predicted octanol–water partition coefficient (Wildman–Crippen LogP) is 5.05. The number of benzene rings is 2. The van der Waals surface area contributed by atoms with Crippen LogP contribution in [0, 0.1) is 0 Å². The van der Waals surface area contributed by atoms with Crippen LogP contribution < -0.4 is 10.1 Å². The largest absolute Gasteiger partial charge is 0.494 e. The third-order valence-electron chi connectivity index (χ3n) is 3.37. The minimum atomic E-state index is -0.411. The van der Waals surface area contributed by atoms with E-state index in [2.05, 4.69) is 5.32 Å². The van der Waals surface area contributed by atoms with Crippen molar-refractivity contribution >= 4 is 34.9 Å². The number of hydrogen-bond acceptors (Lipinski definition) is 4. The number of anilines is 1. The van der Waals surface area contributed by atoms with Crippen LogP contribution in [0.3, 0.4) is 0 Å². The first kappa shape index (κ1) is 18.4. The minimum absolute atomic E-state index is 0.411. The fraction of sp³-hybridized carbons (Fsp3) is 0.278. The van der Waals surface area contributed by atoms with Crippen molar-refractivity contribution < 1.29 is 14.3 Å². The van der Waals surface area contributed by atoms with Gasteiger partial charge in [-0.05, 0) is 49.2 Å². The number of ether oxygens (including phenoxy) is 2. The molecular weight excluding hydrogens is 349 g/mol. The van der Waals surface area contributed by atoms with Crippen LogP contribution in [0.2, 0.25) is 10.0 Å². The van der Waals surface area contributed by atoms with Gasteiger partial charge < -0.3 is 14.8 Å².